The first-order valence-electron chi connectivity index (χ1n) is 6.94. The highest BCUT2D eigenvalue weighted by Crippen LogP contribution is 2.26. The Kier molecular flexibility index (Phi) is 3.42. The predicted molar refractivity (Wildman–Crippen MR) is 74.4 cm³/mol. The molecule has 2 aliphatic heterocycles. The van der Waals surface area contributed by atoms with E-state index in [1.807, 2.05) is 6.07 Å². The molecule has 0 saturated carbocycles. The van der Waals surface area contributed by atoms with Gasteiger partial charge in [0.2, 0.25) is 11.8 Å². The van der Waals surface area contributed by atoms with E-state index in [-0.39, 0.29) is 5.95 Å². The van der Waals surface area contributed by atoms with Crippen LogP contribution in [0.2, 0.25) is 0 Å². The molecule has 0 aromatic carbocycles. The molecule has 3 rings (SSSR count). The summed E-state index contributed by atoms with van der Waals surface area (Å²) in [4.78, 5) is 13.2. The van der Waals surface area contributed by atoms with Crippen molar-refractivity contribution >= 4 is 11.8 Å². The second-order valence-electron chi connectivity index (χ2n) is 5.26. The molecule has 2 fully saturated rings. The predicted octanol–water partition coefficient (Wildman–Crippen LogP) is 0.742. The number of aromatic nitrogens is 2. The summed E-state index contributed by atoms with van der Waals surface area (Å²) >= 11 is 0. The number of ether oxygens (including phenoxy) is 1. The Morgan fingerprint density at radius 3 is 2.79 bits per heavy atom. The average molecular weight is 263 g/mol. The van der Waals surface area contributed by atoms with Crippen LogP contribution >= 0.6 is 0 Å². The zero-order valence-corrected chi connectivity index (χ0v) is 11.4. The van der Waals surface area contributed by atoms with Gasteiger partial charge in [0.05, 0.1) is 7.11 Å². The van der Waals surface area contributed by atoms with Crippen molar-refractivity contribution in [2.24, 2.45) is 0 Å². The minimum absolute atomic E-state index is 0.277. The van der Waals surface area contributed by atoms with E-state index >= 15 is 0 Å². The fourth-order valence-corrected chi connectivity index (χ4v) is 3.05. The lowest BCUT2D eigenvalue weighted by atomic mass is 10.2. The summed E-state index contributed by atoms with van der Waals surface area (Å²) in [5, 5.41) is 0. The van der Waals surface area contributed by atoms with E-state index in [9.17, 15) is 0 Å². The highest BCUT2D eigenvalue weighted by atomic mass is 16.5. The minimum atomic E-state index is 0.277. The van der Waals surface area contributed by atoms with Crippen molar-refractivity contribution in [3.63, 3.8) is 0 Å². The largest absolute Gasteiger partial charge is 0.481 e. The van der Waals surface area contributed by atoms with Gasteiger partial charge in [0.25, 0.3) is 0 Å². The zero-order valence-electron chi connectivity index (χ0n) is 11.4. The molecule has 0 spiro atoms. The molecular weight excluding hydrogens is 242 g/mol. The van der Waals surface area contributed by atoms with Gasteiger partial charge in [-0.3, -0.25) is 4.90 Å². The van der Waals surface area contributed by atoms with Gasteiger partial charge in [-0.1, -0.05) is 0 Å². The van der Waals surface area contributed by atoms with E-state index in [0.29, 0.717) is 11.9 Å². The third-order valence-corrected chi connectivity index (χ3v) is 4.06. The molecule has 2 N–H and O–H groups in total. The first-order valence-corrected chi connectivity index (χ1v) is 6.94. The molecule has 6 heteroatoms. The highest BCUT2D eigenvalue weighted by molar-refractivity contribution is 5.46. The monoisotopic (exact) mass is 263 g/mol. The smallest absolute Gasteiger partial charge is 0.225 e. The molecule has 0 amide bonds. The van der Waals surface area contributed by atoms with Crippen molar-refractivity contribution in [2.45, 2.75) is 25.3 Å². The summed E-state index contributed by atoms with van der Waals surface area (Å²) in [6, 6.07) is 2.52. The molecule has 6 nitrogen and oxygen atoms in total. The van der Waals surface area contributed by atoms with Gasteiger partial charge in [0, 0.05) is 25.2 Å². The van der Waals surface area contributed by atoms with Crippen molar-refractivity contribution in [1.82, 2.24) is 14.9 Å². The Labute approximate surface area is 113 Å². The number of anilines is 2. The summed E-state index contributed by atoms with van der Waals surface area (Å²) in [6.07, 6.45) is 3.88. The van der Waals surface area contributed by atoms with Crippen LogP contribution in [0.3, 0.4) is 0 Å². The first-order chi connectivity index (χ1) is 9.26. The minimum Gasteiger partial charge on any atom is -0.481 e. The average Bonchev–Trinajstić information content (AvgIpc) is 3.08. The molecule has 19 heavy (non-hydrogen) atoms. The molecule has 1 aromatic rings. The number of methoxy groups -OCH3 is 1. The Bertz CT molecular complexity index is 447. The normalized spacial score (nSPS) is 24.1. The number of rotatable bonds is 3. The van der Waals surface area contributed by atoms with Crippen LogP contribution in [0.4, 0.5) is 11.8 Å². The third-order valence-electron chi connectivity index (χ3n) is 4.06. The maximum absolute atomic E-state index is 5.72. The molecule has 2 aliphatic rings. The maximum atomic E-state index is 5.72. The zero-order chi connectivity index (χ0) is 13.2. The van der Waals surface area contributed by atoms with Crippen molar-refractivity contribution in [3.8, 4) is 5.88 Å². The molecule has 1 atom stereocenters. The van der Waals surface area contributed by atoms with Crippen molar-refractivity contribution in [1.29, 1.82) is 0 Å². The fraction of sp³-hybridized carbons (Fsp3) is 0.692. The SMILES string of the molecule is COc1cc(N2CCC(N3CCCC3)C2)nc(N)n1. The summed E-state index contributed by atoms with van der Waals surface area (Å²) < 4.78 is 5.15. The van der Waals surface area contributed by atoms with Crippen LogP contribution in [0.25, 0.3) is 0 Å². The van der Waals surface area contributed by atoms with Crippen LogP contribution in [0.5, 0.6) is 5.88 Å². The van der Waals surface area contributed by atoms with E-state index < -0.39 is 0 Å². The molecule has 0 aliphatic carbocycles. The van der Waals surface area contributed by atoms with Gasteiger partial charge >= 0.3 is 0 Å². The molecule has 104 valence electrons. The van der Waals surface area contributed by atoms with Crippen LogP contribution in [-0.2, 0) is 0 Å². The number of nitrogens with two attached hydrogens (primary N) is 1. The lowest BCUT2D eigenvalue weighted by Gasteiger charge is -2.24. The molecule has 1 unspecified atom stereocenters. The van der Waals surface area contributed by atoms with Gasteiger partial charge < -0.3 is 15.4 Å². The Morgan fingerprint density at radius 2 is 2.05 bits per heavy atom. The van der Waals surface area contributed by atoms with Gasteiger partial charge in [0.15, 0.2) is 0 Å². The summed E-state index contributed by atoms with van der Waals surface area (Å²) in [5.41, 5.74) is 5.72. The van der Waals surface area contributed by atoms with E-state index in [1.54, 1.807) is 7.11 Å². The number of hydrogen-bond acceptors (Lipinski definition) is 6. The van der Waals surface area contributed by atoms with Crippen molar-refractivity contribution in [2.75, 3.05) is 43.9 Å². The fourth-order valence-electron chi connectivity index (χ4n) is 3.05. The van der Waals surface area contributed by atoms with Crippen LogP contribution in [0.1, 0.15) is 19.3 Å². The lowest BCUT2D eigenvalue weighted by Crippen LogP contribution is -2.35. The van der Waals surface area contributed by atoms with E-state index in [1.165, 1.54) is 32.4 Å². The van der Waals surface area contributed by atoms with Crippen LogP contribution in [-0.4, -0.2) is 54.2 Å². The number of nitrogens with zero attached hydrogens (tertiary/aromatic N) is 4. The van der Waals surface area contributed by atoms with Gasteiger partial charge in [0.1, 0.15) is 5.82 Å². The number of likely N-dealkylation sites (tertiary alicyclic amines) is 1. The first kappa shape index (κ1) is 12.5. The number of nitrogen functional groups attached to an aromatic ring is 1. The van der Waals surface area contributed by atoms with Crippen LogP contribution in [0, 0.1) is 0 Å². The van der Waals surface area contributed by atoms with Gasteiger partial charge in [-0.2, -0.15) is 9.97 Å². The van der Waals surface area contributed by atoms with Crippen LogP contribution < -0.4 is 15.4 Å². The summed E-state index contributed by atoms with van der Waals surface area (Å²) in [6.45, 7) is 4.54. The quantitative estimate of drug-likeness (QED) is 0.867. The topological polar surface area (TPSA) is 67.5 Å². The van der Waals surface area contributed by atoms with E-state index in [0.717, 1.165) is 18.9 Å². The molecule has 1 aromatic heterocycles. The second kappa shape index (κ2) is 5.21. The molecule has 3 heterocycles. The summed E-state index contributed by atoms with van der Waals surface area (Å²) in [7, 11) is 1.60. The van der Waals surface area contributed by atoms with Gasteiger partial charge in [-0.05, 0) is 32.4 Å². The Hall–Kier alpha value is -1.56. The number of hydrogen-bond donors (Lipinski definition) is 1. The molecule has 0 radical (unpaired) electrons. The summed E-state index contributed by atoms with van der Waals surface area (Å²) in [5.74, 6) is 1.69. The Morgan fingerprint density at radius 1 is 1.26 bits per heavy atom. The third kappa shape index (κ3) is 2.58. The molecule has 2 saturated heterocycles. The maximum Gasteiger partial charge on any atom is 0.225 e. The lowest BCUT2D eigenvalue weighted by molar-refractivity contribution is 0.260. The molecule has 0 bridgehead atoms. The Balaban J connectivity index is 1.71. The van der Waals surface area contributed by atoms with E-state index in [2.05, 4.69) is 19.8 Å². The van der Waals surface area contributed by atoms with Gasteiger partial charge in [-0.25, -0.2) is 0 Å². The van der Waals surface area contributed by atoms with Crippen LogP contribution in [0.15, 0.2) is 6.07 Å². The van der Waals surface area contributed by atoms with Gasteiger partial charge in [-0.15, -0.1) is 0 Å². The second-order valence-corrected chi connectivity index (χ2v) is 5.26. The standard InChI is InChI=1S/C13H21N5O/c1-19-12-8-11(15-13(14)16-12)18-7-4-10(9-18)17-5-2-3-6-17/h8,10H,2-7,9H2,1H3,(H2,14,15,16). The van der Waals surface area contributed by atoms with Crippen molar-refractivity contribution in [3.05, 3.63) is 6.07 Å². The molecular formula is C13H21N5O. The van der Waals surface area contributed by atoms with E-state index in [4.69, 9.17) is 10.5 Å². The van der Waals surface area contributed by atoms with Crippen molar-refractivity contribution < 1.29 is 4.74 Å². The highest BCUT2D eigenvalue weighted by Gasteiger charge is 2.30.